The molecule has 0 atom stereocenters. The minimum Gasteiger partial charge on any atom is -0.355 e. The van der Waals surface area contributed by atoms with Gasteiger partial charge in [-0.15, -0.1) is 11.3 Å². The molecule has 1 aromatic heterocycles. The first-order valence-corrected chi connectivity index (χ1v) is 15.4. The molecule has 0 amide bonds. The van der Waals surface area contributed by atoms with Crippen LogP contribution in [0.2, 0.25) is 0 Å². The fourth-order valence-electron chi connectivity index (χ4n) is 6.66. The van der Waals surface area contributed by atoms with Gasteiger partial charge in [-0.1, -0.05) is 97.1 Å². The molecule has 3 heteroatoms. The highest BCUT2D eigenvalue weighted by Crippen LogP contribution is 2.51. The highest BCUT2D eigenvalue weighted by molar-refractivity contribution is 7.25. The van der Waals surface area contributed by atoms with Crippen molar-refractivity contribution in [1.82, 2.24) is 0 Å². The SMILES string of the molecule is c1ccc(Nc2ccc3c(c2)sc2cc(N(c4ccccc4)c4ccc5c6c(cccc46)-c4ccccc4-5)ccc23)cc1. The van der Waals surface area contributed by atoms with Gasteiger partial charge in [-0.2, -0.15) is 0 Å². The zero-order valence-corrected chi connectivity index (χ0v) is 24.1. The van der Waals surface area contributed by atoms with Gasteiger partial charge in [0.05, 0.1) is 5.69 Å². The minimum absolute atomic E-state index is 1.09. The maximum absolute atomic E-state index is 3.55. The Hall–Kier alpha value is -5.38. The summed E-state index contributed by atoms with van der Waals surface area (Å²) in [6, 6.07) is 54.8. The van der Waals surface area contributed by atoms with Crippen molar-refractivity contribution in [1.29, 1.82) is 0 Å². The molecule has 0 aliphatic heterocycles. The summed E-state index contributed by atoms with van der Waals surface area (Å²) in [7, 11) is 0. The van der Waals surface area contributed by atoms with Gasteiger partial charge in [0.2, 0.25) is 0 Å². The van der Waals surface area contributed by atoms with E-state index in [1.165, 1.54) is 58.9 Å². The van der Waals surface area contributed by atoms with Gasteiger partial charge in [0.1, 0.15) is 0 Å². The lowest BCUT2D eigenvalue weighted by atomic mass is 10.00. The molecule has 0 saturated heterocycles. The van der Waals surface area contributed by atoms with Crippen molar-refractivity contribution >= 4 is 70.7 Å². The topological polar surface area (TPSA) is 15.3 Å². The molecule has 9 rings (SSSR count). The quantitative estimate of drug-likeness (QED) is 0.223. The van der Waals surface area contributed by atoms with E-state index in [1.807, 2.05) is 17.4 Å². The Balaban J connectivity index is 1.20. The van der Waals surface area contributed by atoms with Crippen molar-refractivity contribution in [3.8, 4) is 22.3 Å². The van der Waals surface area contributed by atoms with Crippen LogP contribution in [0.15, 0.2) is 152 Å². The van der Waals surface area contributed by atoms with Crippen LogP contribution >= 0.6 is 11.3 Å². The van der Waals surface area contributed by atoms with Crippen LogP contribution in [0.4, 0.5) is 28.4 Å². The van der Waals surface area contributed by atoms with Crippen LogP contribution in [0.1, 0.15) is 0 Å². The van der Waals surface area contributed by atoms with E-state index in [-0.39, 0.29) is 0 Å². The smallest absolute Gasteiger partial charge is 0.0540 e. The zero-order chi connectivity index (χ0) is 28.3. The number of fused-ring (bicyclic) bond motifs is 6. The molecule has 1 aliphatic rings. The Kier molecular flexibility index (Phi) is 5.40. The highest BCUT2D eigenvalue weighted by Gasteiger charge is 2.24. The van der Waals surface area contributed by atoms with Crippen LogP contribution in [-0.4, -0.2) is 0 Å². The zero-order valence-electron chi connectivity index (χ0n) is 23.3. The molecule has 8 aromatic rings. The van der Waals surface area contributed by atoms with E-state index in [2.05, 4.69) is 156 Å². The number of rotatable bonds is 5. The fourth-order valence-corrected chi connectivity index (χ4v) is 7.84. The third-order valence-electron chi connectivity index (χ3n) is 8.56. The highest BCUT2D eigenvalue weighted by atomic mass is 32.1. The summed E-state index contributed by atoms with van der Waals surface area (Å²) in [5.74, 6) is 0. The number of benzene rings is 7. The number of anilines is 5. The Morgan fingerprint density at radius 1 is 0.419 bits per heavy atom. The second-order valence-corrected chi connectivity index (χ2v) is 12.1. The molecular formula is C40H26N2S. The van der Waals surface area contributed by atoms with Gasteiger partial charge in [0.15, 0.2) is 0 Å². The monoisotopic (exact) mass is 566 g/mol. The summed E-state index contributed by atoms with van der Waals surface area (Å²) in [5, 5.41) is 8.73. The largest absolute Gasteiger partial charge is 0.355 e. The summed E-state index contributed by atoms with van der Waals surface area (Å²) < 4.78 is 2.56. The third kappa shape index (κ3) is 3.86. The van der Waals surface area contributed by atoms with Crippen molar-refractivity contribution in [3.63, 3.8) is 0 Å². The maximum Gasteiger partial charge on any atom is 0.0540 e. The Bertz CT molecular complexity index is 2290. The average Bonchev–Trinajstić information content (AvgIpc) is 3.59. The number of hydrogen-bond donors (Lipinski definition) is 1. The average molecular weight is 567 g/mol. The number of hydrogen-bond acceptors (Lipinski definition) is 3. The predicted molar refractivity (Wildman–Crippen MR) is 186 cm³/mol. The molecule has 202 valence electrons. The second-order valence-electron chi connectivity index (χ2n) is 11.1. The lowest BCUT2D eigenvalue weighted by molar-refractivity contribution is 1.31. The Morgan fingerprint density at radius 3 is 1.86 bits per heavy atom. The van der Waals surface area contributed by atoms with Gasteiger partial charge in [0.25, 0.3) is 0 Å². The van der Waals surface area contributed by atoms with Gasteiger partial charge >= 0.3 is 0 Å². The number of para-hydroxylation sites is 2. The first kappa shape index (κ1) is 24.2. The molecule has 0 saturated carbocycles. The molecule has 1 aliphatic carbocycles. The van der Waals surface area contributed by atoms with Crippen LogP contribution in [0.3, 0.4) is 0 Å². The van der Waals surface area contributed by atoms with Crippen molar-refractivity contribution in [2.45, 2.75) is 0 Å². The summed E-state index contributed by atoms with van der Waals surface area (Å²) in [5.41, 5.74) is 11.0. The first-order valence-electron chi connectivity index (χ1n) is 14.6. The Labute approximate surface area is 254 Å². The van der Waals surface area contributed by atoms with Gasteiger partial charge in [-0.3, -0.25) is 0 Å². The molecule has 0 bridgehead atoms. The fraction of sp³-hybridized carbons (Fsp3) is 0. The van der Waals surface area contributed by atoms with Crippen LogP contribution < -0.4 is 10.2 Å². The third-order valence-corrected chi connectivity index (χ3v) is 9.67. The maximum atomic E-state index is 3.55. The molecule has 0 radical (unpaired) electrons. The second kappa shape index (κ2) is 9.59. The molecule has 0 fully saturated rings. The van der Waals surface area contributed by atoms with Crippen molar-refractivity contribution in [3.05, 3.63) is 152 Å². The molecular weight excluding hydrogens is 541 g/mol. The molecule has 1 N–H and O–H groups in total. The molecule has 0 spiro atoms. The lowest BCUT2D eigenvalue weighted by Crippen LogP contribution is -2.10. The van der Waals surface area contributed by atoms with Crippen LogP contribution in [-0.2, 0) is 0 Å². The number of nitrogens with zero attached hydrogens (tertiary/aromatic N) is 1. The van der Waals surface area contributed by atoms with Crippen LogP contribution in [0, 0.1) is 0 Å². The van der Waals surface area contributed by atoms with Crippen molar-refractivity contribution in [2.24, 2.45) is 0 Å². The Morgan fingerprint density at radius 2 is 1.07 bits per heavy atom. The van der Waals surface area contributed by atoms with E-state index in [4.69, 9.17) is 0 Å². The van der Waals surface area contributed by atoms with Gasteiger partial charge in [-0.05, 0) is 82.2 Å². The standard InChI is InChI=1S/C40H26N2S/c1-3-10-26(11-4-1)41-27-18-20-32-33-21-19-29(25-39(33)43-38(32)24-27)42(28-12-5-2-6-13-28)37-23-22-35-31-15-8-7-14-30(31)34-16-9-17-36(37)40(34)35/h1-25,41H. The summed E-state index contributed by atoms with van der Waals surface area (Å²) in [6.07, 6.45) is 0. The molecule has 2 nitrogen and oxygen atoms in total. The van der Waals surface area contributed by atoms with E-state index in [0.29, 0.717) is 0 Å². The first-order chi connectivity index (χ1) is 21.3. The van der Waals surface area contributed by atoms with E-state index < -0.39 is 0 Å². The number of nitrogens with one attached hydrogen (secondary N) is 1. The summed E-state index contributed by atoms with van der Waals surface area (Å²) in [6.45, 7) is 0. The molecule has 43 heavy (non-hydrogen) atoms. The molecule has 7 aromatic carbocycles. The summed E-state index contributed by atoms with van der Waals surface area (Å²) >= 11 is 1.85. The summed E-state index contributed by atoms with van der Waals surface area (Å²) in [4.78, 5) is 2.41. The normalized spacial score (nSPS) is 11.7. The van der Waals surface area contributed by atoms with Gasteiger partial charge in [-0.25, -0.2) is 0 Å². The van der Waals surface area contributed by atoms with Crippen molar-refractivity contribution in [2.75, 3.05) is 10.2 Å². The van der Waals surface area contributed by atoms with E-state index >= 15 is 0 Å². The van der Waals surface area contributed by atoms with Gasteiger partial charge in [0, 0.05) is 48.3 Å². The molecule has 1 heterocycles. The van der Waals surface area contributed by atoms with E-state index in [9.17, 15) is 0 Å². The van der Waals surface area contributed by atoms with Crippen LogP contribution in [0.5, 0.6) is 0 Å². The lowest BCUT2D eigenvalue weighted by Gasteiger charge is -2.27. The minimum atomic E-state index is 1.09. The predicted octanol–water partition coefficient (Wildman–Crippen LogP) is 12.1. The number of thiophene rings is 1. The van der Waals surface area contributed by atoms with Crippen LogP contribution in [0.25, 0.3) is 53.2 Å². The molecule has 0 unspecified atom stereocenters. The van der Waals surface area contributed by atoms with Crippen molar-refractivity contribution < 1.29 is 0 Å². The van der Waals surface area contributed by atoms with E-state index in [0.717, 1.165) is 22.7 Å². The van der Waals surface area contributed by atoms with Gasteiger partial charge < -0.3 is 10.2 Å². The van der Waals surface area contributed by atoms with E-state index in [1.54, 1.807) is 0 Å².